The molecule has 226 valence electrons. The van der Waals surface area contributed by atoms with Gasteiger partial charge in [0.25, 0.3) is 0 Å². The molecule has 0 unspecified atom stereocenters. The maximum absolute atomic E-state index is 12.7. The molecule has 0 aliphatic carbocycles. The average molecular weight is 586 g/mol. The molecule has 0 saturated carbocycles. The summed E-state index contributed by atoms with van der Waals surface area (Å²) in [6, 6.07) is 18.3. The second kappa shape index (κ2) is 18.0. The van der Waals surface area contributed by atoms with Gasteiger partial charge in [0.15, 0.2) is 0 Å². The Labute approximate surface area is 253 Å². The van der Waals surface area contributed by atoms with Crippen molar-refractivity contribution in [3.8, 4) is 17.2 Å². The van der Waals surface area contributed by atoms with E-state index in [4.69, 9.17) is 24.4 Å². The molecule has 0 heterocycles. The number of esters is 3. The number of ether oxygens (including phenoxy) is 4. The molecule has 0 aliphatic rings. The molecule has 0 aromatic heterocycles. The van der Waals surface area contributed by atoms with Crippen LogP contribution in [0.15, 0.2) is 79.4 Å². The van der Waals surface area contributed by atoms with Gasteiger partial charge in [-0.15, -0.1) is 0 Å². The molecule has 8 nitrogen and oxygen atoms in total. The number of hydrogen-bond donors (Lipinski definition) is 1. The molecule has 0 bridgehead atoms. The van der Waals surface area contributed by atoms with Crippen molar-refractivity contribution >= 4 is 24.1 Å². The fourth-order valence-corrected chi connectivity index (χ4v) is 4.19. The summed E-state index contributed by atoms with van der Waals surface area (Å²) in [6.45, 7) is 6.44. The van der Waals surface area contributed by atoms with Crippen LogP contribution in [0.5, 0.6) is 17.2 Å². The third kappa shape index (κ3) is 11.2. The predicted molar refractivity (Wildman–Crippen MR) is 165 cm³/mol. The maximum atomic E-state index is 12.7. The molecule has 8 heteroatoms. The van der Waals surface area contributed by atoms with E-state index in [1.54, 1.807) is 30.3 Å². The van der Waals surface area contributed by atoms with Gasteiger partial charge in [-0.3, -0.25) is 0 Å². The van der Waals surface area contributed by atoms with E-state index in [1.807, 2.05) is 12.1 Å². The fraction of sp³-hybridized carbons (Fsp3) is 0.314. The molecule has 1 N–H and O–H groups in total. The van der Waals surface area contributed by atoms with E-state index in [9.17, 15) is 14.4 Å². The van der Waals surface area contributed by atoms with Crippen molar-refractivity contribution in [3.63, 3.8) is 0 Å². The molecular formula is C35H39NO7. The van der Waals surface area contributed by atoms with Crippen LogP contribution >= 0.6 is 0 Å². The van der Waals surface area contributed by atoms with Crippen LogP contribution in [0.2, 0.25) is 0 Å². The van der Waals surface area contributed by atoms with E-state index < -0.39 is 17.9 Å². The minimum atomic E-state index is -0.565. The second-order valence-electron chi connectivity index (χ2n) is 9.94. The largest absolute Gasteiger partial charge is 0.494 e. The van der Waals surface area contributed by atoms with Crippen molar-refractivity contribution in [1.29, 1.82) is 5.41 Å². The van der Waals surface area contributed by atoms with Gasteiger partial charge in [-0.2, -0.15) is 0 Å². The molecule has 0 radical (unpaired) electrons. The normalized spacial score (nSPS) is 10.4. The molecule has 0 aliphatic heterocycles. The Morgan fingerprint density at radius 3 is 2.00 bits per heavy atom. The van der Waals surface area contributed by atoms with Gasteiger partial charge >= 0.3 is 17.9 Å². The molecule has 0 amide bonds. The summed E-state index contributed by atoms with van der Waals surface area (Å²) in [4.78, 5) is 36.3. The summed E-state index contributed by atoms with van der Waals surface area (Å²) in [5.74, 6) is -0.238. The van der Waals surface area contributed by atoms with Gasteiger partial charge in [0.1, 0.15) is 17.2 Å². The molecule has 43 heavy (non-hydrogen) atoms. The third-order valence-electron chi connectivity index (χ3n) is 6.61. The zero-order valence-corrected chi connectivity index (χ0v) is 24.6. The van der Waals surface area contributed by atoms with Gasteiger partial charge in [-0.25, -0.2) is 14.4 Å². The monoisotopic (exact) mass is 585 g/mol. The van der Waals surface area contributed by atoms with Crippen LogP contribution in [0, 0.1) is 5.41 Å². The lowest BCUT2D eigenvalue weighted by atomic mass is 10.0. The Kier molecular flexibility index (Phi) is 13.7. The van der Waals surface area contributed by atoms with Crippen LogP contribution in [0.25, 0.3) is 0 Å². The van der Waals surface area contributed by atoms with E-state index in [-0.39, 0.29) is 5.75 Å². The molecular weight excluding hydrogens is 546 g/mol. The topological polar surface area (TPSA) is 112 Å². The number of carbonyl (C=O) groups is 3. The standard InChI is InChI=1S/C35H39NO7/c1-3-5-8-11-26-12-21-32(29(24-26)25-36)43-35(39)28-15-19-31(20-16-28)42-34(38)27-13-17-30(18-14-27)40-22-9-6-7-10-23-41-33(37)4-2/h4,12-21,24-25,36H,2-3,5-11,22-23H2,1H3. The summed E-state index contributed by atoms with van der Waals surface area (Å²) in [7, 11) is 0. The quantitative estimate of drug-likeness (QED) is 0.0540. The maximum Gasteiger partial charge on any atom is 0.343 e. The number of aryl methyl sites for hydroxylation is 1. The fourth-order valence-electron chi connectivity index (χ4n) is 4.19. The molecule has 0 atom stereocenters. The average Bonchev–Trinajstić information content (AvgIpc) is 3.03. The van der Waals surface area contributed by atoms with Crippen molar-refractivity contribution in [2.45, 2.75) is 58.3 Å². The van der Waals surface area contributed by atoms with Gasteiger partial charge in [-0.1, -0.05) is 32.4 Å². The molecule has 0 spiro atoms. The van der Waals surface area contributed by atoms with Crippen molar-refractivity contribution in [2.24, 2.45) is 0 Å². The van der Waals surface area contributed by atoms with Crippen LogP contribution in [-0.2, 0) is 16.0 Å². The third-order valence-corrected chi connectivity index (χ3v) is 6.61. The van der Waals surface area contributed by atoms with Crippen molar-refractivity contribution in [2.75, 3.05) is 13.2 Å². The van der Waals surface area contributed by atoms with Gasteiger partial charge in [0, 0.05) is 17.9 Å². The molecule has 0 fully saturated rings. The zero-order valence-electron chi connectivity index (χ0n) is 24.6. The summed E-state index contributed by atoms with van der Waals surface area (Å²) >= 11 is 0. The first kappa shape index (κ1) is 32.8. The van der Waals surface area contributed by atoms with E-state index >= 15 is 0 Å². The Hall–Kier alpha value is -4.72. The number of rotatable bonds is 18. The summed E-state index contributed by atoms with van der Waals surface area (Å²) < 4.78 is 21.7. The van der Waals surface area contributed by atoms with E-state index in [0.717, 1.165) is 63.0 Å². The highest BCUT2D eigenvalue weighted by atomic mass is 16.5. The van der Waals surface area contributed by atoms with E-state index in [0.29, 0.717) is 41.4 Å². The van der Waals surface area contributed by atoms with Crippen LogP contribution in [0.4, 0.5) is 0 Å². The number of nitrogens with one attached hydrogen (secondary N) is 1. The molecule has 3 rings (SSSR count). The second-order valence-corrected chi connectivity index (χ2v) is 9.94. The lowest BCUT2D eigenvalue weighted by Crippen LogP contribution is -2.11. The SMILES string of the molecule is C=CC(=O)OCCCCCCOc1ccc(C(=O)Oc2ccc(C(=O)Oc3ccc(CCCCC)cc3C=N)cc2)cc1. The highest BCUT2D eigenvalue weighted by molar-refractivity contribution is 5.94. The van der Waals surface area contributed by atoms with Gasteiger partial charge in [-0.05, 0) is 105 Å². The number of carbonyl (C=O) groups excluding carboxylic acids is 3. The summed E-state index contributed by atoms with van der Waals surface area (Å²) in [5, 5.41) is 7.71. The molecule has 0 saturated heterocycles. The number of unbranched alkanes of at least 4 members (excludes halogenated alkanes) is 5. The van der Waals surface area contributed by atoms with Gasteiger partial charge in [0.05, 0.1) is 24.3 Å². The Morgan fingerprint density at radius 1 is 0.744 bits per heavy atom. The number of hydrogen-bond acceptors (Lipinski definition) is 8. The molecule has 3 aromatic carbocycles. The minimum Gasteiger partial charge on any atom is -0.494 e. The smallest absolute Gasteiger partial charge is 0.343 e. The van der Waals surface area contributed by atoms with Gasteiger partial charge < -0.3 is 24.4 Å². The van der Waals surface area contributed by atoms with Crippen LogP contribution in [0.1, 0.15) is 83.7 Å². The first-order chi connectivity index (χ1) is 20.9. The van der Waals surface area contributed by atoms with Crippen LogP contribution in [0.3, 0.4) is 0 Å². The highest BCUT2D eigenvalue weighted by Gasteiger charge is 2.14. The predicted octanol–water partition coefficient (Wildman–Crippen LogP) is 7.52. The van der Waals surface area contributed by atoms with Crippen molar-refractivity contribution in [1.82, 2.24) is 0 Å². The highest BCUT2D eigenvalue weighted by Crippen LogP contribution is 2.22. The Balaban J connectivity index is 1.43. The first-order valence-electron chi connectivity index (χ1n) is 14.6. The lowest BCUT2D eigenvalue weighted by Gasteiger charge is -2.10. The lowest BCUT2D eigenvalue weighted by molar-refractivity contribution is -0.137. The Morgan fingerprint density at radius 2 is 1.37 bits per heavy atom. The van der Waals surface area contributed by atoms with Crippen molar-refractivity contribution in [3.05, 3.63) is 102 Å². The van der Waals surface area contributed by atoms with Gasteiger partial charge in [0.2, 0.25) is 0 Å². The number of benzene rings is 3. The Bertz CT molecular complexity index is 1360. The van der Waals surface area contributed by atoms with Crippen LogP contribution in [-0.4, -0.2) is 37.3 Å². The van der Waals surface area contributed by atoms with E-state index in [2.05, 4.69) is 13.5 Å². The van der Waals surface area contributed by atoms with Crippen molar-refractivity contribution < 1.29 is 33.3 Å². The zero-order chi connectivity index (χ0) is 30.9. The van der Waals surface area contributed by atoms with E-state index in [1.165, 1.54) is 30.5 Å². The minimum absolute atomic E-state index is 0.290. The summed E-state index contributed by atoms with van der Waals surface area (Å²) in [5.41, 5.74) is 2.31. The van der Waals surface area contributed by atoms with Crippen LogP contribution < -0.4 is 14.2 Å². The summed E-state index contributed by atoms with van der Waals surface area (Å²) in [6.07, 6.45) is 10.1. The molecule has 3 aromatic rings. The first-order valence-corrected chi connectivity index (χ1v) is 14.6.